The van der Waals surface area contributed by atoms with Gasteiger partial charge in [0.1, 0.15) is 60.7 Å². The van der Waals surface area contributed by atoms with Crippen LogP contribution >= 0.6 is 0 Å². The largest absolute Gasteiger partial charge is 1.00 e. The third kappa shape index (κ3) is 21.5. The smallest absolute Gasteiger partial charge is 0.744 e. The van der Waals surface area contributed by atoms with Crippen LogP contribution in [0.4, 0.5) is 34.1 Å². The summed E-state index contributed by atoms with van der Waals surface area (Å²) in [5, 5.41) is 11.2. The Balaban J connectivity index is 0.00000433. The van der Waals surface area contributed by atoms with Crippen LogP contribution < -0.4 is 209 Å². The zero-order valence-corrected chi connectivity index (χ0v) is 70.2. The van der Waals surface area contributed by atoms with Crippen LogP contribution in [0, 0.1) is 13.8 Å². The maximum Gasteiger partial charge on any atom is 1.00 e. The molecule has 0 bridgehead atoms. The van der Waals surface area contributed by atoms with E-state index in [1.54, 1.807) is 13.8 Å². The van der Waals surface area contributed by atoms with Gasteiger partial charge in [0.25, 0.3) is 35.4 Å². The molecule has 0 aliphatic rings. The minimum atomic E-state index is -5.75. The average Bonchev–Trinajstić information content (AvgIpc) is 0.746. The minimum absolute atomic E-state index is 0. The second-order valence-electron chi connectivity index (χ2n) is 20.2. The number of anilines is 6. The van der Waals surface area contributed by atoms with Gasteiger partial charge in [0, 0.05) is 77.7 Å². The van der Waals surface area contributed by atoms with Crippen LogP contribution in [-0.4, -0.2) is 113 Å². The zero-order valence-electron chi connectivity index (χ0n) is 53.3. The van der Waals surface area contributed by atoms with Crippen LogP contribution in [0.5, 0.6) is 0 Å². The van der Waals surface area contributed by atoms with Gasteiger partial charge in [-0.05, 0) is 152 Å². The summed E-state index contributed by atoms with van der Waals surface area (Å²) >= 11 is 0. The molecule has 100 heavy (non-hydrogen) atoms. The molecule has 0 radical (unpaired) electrons. The van der Waals surface area contributed by atoms with Crippen LogP contribution in [0.3, 0.4) is 0 Å². The fourth-order valence-electron chi connectivity index (χ4n) is 9.37. The van der Waals surface area contributed by atoms with E-state index in [2.05, 4.69) is 31.9 Å². The predicted molar refractivity (Wildman–Crippen MR) is 325 cm³/mol. The third-order valence-corrected chi connectivity index (χ3v) is 19.0. The maximum absolute atomic E-state index is 13.7. The van der Waals surface area contributed by atoms with Crippen LogP contribution in [0.15, 0.2) is 187 Å². The summed E-state index contributed by atoms with van der Waals surface area (Å²) in [6.07, 6.45) is 0. The Kier molecular flexibility index (Phi) is 31.7. The van der Waals surface area contributed by atoms with E-state index in [1.807, 2.05) is 0 Å². The van der Waals surface area contributed by atoms with E-state index < -0.39 is 158 Å². The second kappa shape index (κ2) is 35.2. The quantitative estimate of drug-likeness (QED) is 0.0343. The molecule has 0 fully saturated rings. The number of aryl methyl sites for hydroxylation is 2. The van der Waals surface area contributed by atoms with Gasteiger partial charge >= 0.3 is 177 Å². The van der Waals surface area contributed by atoms with Crippen molar-refractivity contribution >= 4 is 152 Å². The number of carbonyl (C=O) groups excluding carboxylic acids is 6. The van der Waals surface area contributed by atoms with Gasteiger partial charge in [0.2, 0.25) is 0 Å². The molecule has 0 aliphatic heterocycles. The van der Waals surface area contributed by atoms with E-state index in [1.165, 1.54) is 109 Å². The summed E-state index contributed by atoms with van der Waals surface area (Å²) in [4.78, 5) is 73.8. The van der Waals surface area contributed by atoms with Gasteiger partial charge in [-0.2, -0.15) is 0 Å². The number of fused-ring (bicyclic) bond motifs is 2. The van der Waals surface area contributed by atoms with Crippen LogP contribution in [-0.2, 0) is 60.7 Å². The molecule has 30 nitrogen and oxygen atoms in total. The molecule has 0 unspecified atom stereocenters. The van der Waals surface area contributed by atoms with E-state index in [9.17, 15) is 107 Å². The third-order valence-electron chi connectivity index (χ3n) is 13.8. The van der Waals surface area contributed by atoms with Gasteiger partial charge in [0.05, 0.1) is 40.7 Å². The van der Waals surface area contributed by atoms with E-state index in [0.29, 0.717) is 35.4 Å². The van der Waals surface area contributed by atoms with Crippen molar-refractivity contribution in [3.05, 3.63) is 202 Å². The van der Waals surface area contributed by atoms with Crippen molar-refractivity contribution in [3.63, 3.8) is 0 Å². The predicted octanol–water partition coefficient (Wildman–Crippen LogP) is -12.4. The van der Waals surface area contributed by atoms with Crippen LogP contribution in [0.2, 0.25) is 0 Å². The zero-order chi connectivity index (χ0) is 68.9. The Morgan fingerprint density at radius 1 is 0.270 bits per heavy atom. The molecule has 9 rings (SSSR count). The van der Waals surface area contributed by atoms with Crippen molar-refractivity contribution in [1.82, 2.24) is 0 Å². The van der Waals surface area contributed by atoms with Crippen LogP contribution in [0.25, 0.3) is 21.5 Å². The molecule has 0 saturated carbocycles. The first-order valence-corrected chi connectivity index (χ1v) is 34.5. The van der Waals surface area contributed by atoms with Gasteiger partial charge in [-0.15, -0.1) is 0 Å². The van der Waals surface area contributed by atoms with Crippen LogP contribution in [0.1, 0.15) is 73.3 Å². The van der Waals surface area contributed by atoms with E-state index in [0.717, 1.165) is 12.1 Å². The molecular weight excluding hydrogens is 1490 g/mol. The Labute approximate surface area is 703 Å². The van der Waals surface area contributed by atoms with E-state index in [4.69, 9.17) is 0 Å². The number of rotatable bonds is 18. The molecule has 0 heterocycles. The van der Waals surface area contributed by atoms with Crippen molar-refractivity contribution in [3.8, 4) is 0 Å². The normalized spacial score (nSPS) is 11.4. The summed E-state index contributed by atoms with van der Waals surface area (Å²) in [5.74, 6) is -5.18. The SMILES string of the molecule is Cc1ccc(C(=O)Nc2ccc(S(=O)(=O)[O-])c3cc(S(=O)(=O)[O-])cc(S(=O)(=O)[O-])c23)cc1NC(=O)c1cccc(NC(=O)c2cccc(C(=O)Nc3cccc(C(=O)Nc4cc(C(=O)Nc5ccc(S(=O)(=O)[O-])c6cc(S(=O)(=O)[O-])cc(S(=O)(=O)[O-])c56)ccc4C)c3)c2)c1.[Na+].[Na+].[Na+].[Na+].[Na+].[Na+]. The first-order valence-electron chi connectivity index (χ1n) is 26.0. The average molecular weight is 1530 g/mol. The molecule has 9 aromatic rings. The second-order valence-corrected chi connectivity index (χ2v) is 28.3. The summed E-state index contributed by atoms with van der Waals surface area (Å²) in [6.45, 7) is 3.09. The topological polar surface area (TPSA) is 518 Å². The molecule has 9 aromatic carbocycles. The van der Waals surface area contributed by atoms with E-state index >= 15 is 0 Å². The van der Waals surface area contributed by atoms with Gasteiger partial charge in [-0.1, -0.05) is 30.3 Å². The van der Waals surface area contributed by atoms with Crippen molar-refractivity contribution < 1.29 is 284 Å². The molecule has 0 atom stereocenters. The molecule has 0 aromatic heterocycles. The number of hydrogen-bond donors (Lipinski definition) is 6. The molecule has 0 saturated heterocycles. The number of nitrogens with one attached hydrogen (secondary N) is 6. The summed E-state index contributed by atoms with van der Waals surface area (Å²) < 4.78 is 218. The first kappa shape index (κ1) is 90.0. The Bertz CT molecular complexity index is 5250. The molecule has 0 aliphatic carbocycles. The van der Waals surface area contributed by atoms with Crippen molar-refractivity contribution in [2.24, 2.45) is 0 Å². The Morgan fingerprint density at radius 2 is 0.540 bits per heavy atom. The molecule has 42 heteroatoms. The Morgan fingerprint density at radius 3 is 0.840 bits per heavy atom. The number of carbonyl (C=O) groups is 6. The molecule has 6 amide bonds. The van der Waals surface area contributed by atoms with Crippen molar-refractivity contribution in [1.29, 1.82) is 0 Å². The standard InChI is InChI=1S/C58H44N6O24S6.6Na/c1-29-12-14-35(57(69)61-43-16-18-47(91(77,78)79)41-25-39(89(71,72)73)27-49(51(41)43)93(83,84)85)23-45(29)63-55(67)33-8-4-10-37(21-33)59-53(65)31-6-3-7-32(20-31)54(66)60-38-11-5-9-34(22-38)56(68)64-46-24-36(15-13-30(46)2)58(70)62-44-17-19-48(92(80,81)82)42-26-40(90(74,75)76)28-50(52(42)44)94(86,87)88;;;;;;/h3-28H,1-2H3,(H,59,65)(H,60,66)(H,61,69)(H,62,70)(H,63,67)(H,64,68)(H,71,72,73)(H,74,75,76)(H,77,78,79)(H,80,81,82)(H,83,84,85)(H,86,87,88);;;;;;/q;6*+1/p-6. The molecular formula is C58H38N6Na6O24S6. The number of hydrogen-bond acceptors (Lipinski definition) is 24. The van der Waals surface area contributed by atoms with Crippen molar-refractivity contribution in [2.75, 3.05) is 31.9 Å². The first-order chi connectivity index (χ1) is 43.6. The fourth-order valence-corrected chi connectivity index (χ4v) is 13.4. The minimum Gasteiger partial charge on any atom is -0.744 e. The van der Waals surface area contributed by atoms with Gasteiger partial charge in [-0.25, -0.2) is 50.5 Å². The molecule has 6 N–H and O–H groups in total. The van der Waals surface area contributed by atoms with Crippen molar-refractivity contribution in [2.45, 2.75) is 43.2 Å². The van der Waals surface area contributed by atoms with Gasteiger partial charge in [-0.3, -0.25) is 28.8 Å². The fraction of sp³-hybridized carbons (Fsp3) is 0.0345. The molecule has 0 spiro atoms. The Hall–Kier alpha value is -4.22. The summed E-state index contributed by atoms with van der Waals surface area (Å²) in [6, 6.07) is 27.7. The molecule has 486 valence electrons. The number of benzene rings is 9. The monoisotopic (exact) mass is 1530 g/mol. The van der Waals surface area contributed by atoms with Gasteiger partial charge < -0.3 is 59.2 Å². The maximum atomic E-state index is 13.7. The van der Waals surface area contributed by atoms with E-state index in [-0.39, 0.29) is 246 Å². The van der Waals surface area contributed by atoms with Gasteiger partial charge in [0.15, 0.2) is 0 Å². The number of amides is 6. The summed E-state index contributed by atoms with van der Waals surface area (Å²) in [7, 11) is -33.7. The summed E-state index contributed by atoms with van der Waals surface area (Å²) in [5.41, 5.74) is -0.814.